The van der Waals surface area contributed by atoms with Crippen LogP contribution in [0, 0.1) is 0 Å². The molecule has 2 aromatic heterocycles. The van der Waals surface area contributed by atoms with Crippen molar-refractivity contribution >= 4 is 17.6 Å². The first-order valence-electron chi connectivity index (χ1n) is 9.64. The van der Waals surface area contributed by atoms with Crippen LogP contribution < -0.4 is 20.7 Å². The molecule has 0 amide bonds. The Morgan fingerprint density at radius 3 is 2.56 bits per heavy atom. The van der Waals surface area contributed by atoms with E-state index >= 15 is 0 Å². The summed E-state index contributed by atoms with van der Waals surface area (Å²) in [7, 11) is 0.900. The number of carbonyl (C=O) groups is 1. The molecule has 2 heterocycles. The first-order chi connectivity index (χ1) is 16.0. The summed E-state index contributed by atoms with van der Waals surface area (Å²) < 4.78 is 56.0. The smallest absolute Gasteiger partial charge is 0.431 e. The van der Waals surface area contributed by atoms with Gasteiger partial charge in [-0.25, -0.2) is 19.1 Å². The predicted octanol–water partition coefficient (Wildman–Crippen LogP) is 3.34. The maximum atomic E-state index is 13.1. The lowest BCUT2D eigenvalue weighted by atomic mass is 10.2. The first kappa shape index (κ1) is 24.8. The van der Waals surface area contributed by atoms with Crippen LogP contribution >= 0.6 is 11.6 Å². The van der Waals surface area contributed by atoms with Gasteiger partial charge in [0.1, 0.15) is 11.4 Å². The fourth-order valence-corrected chi connectivity index (χ4v) is 3.01. The minimum atomic E-state index is -4.89. The van der Waals surface area contributed by atoms with E-state index in [1.54, 1.807) is 6.92 Å². The normalized spacial score (nSPS) is 11.2. The van der Waals surface area contributed by atoms with E-state index in [2.05, 4.69) is 4.98 Å². The van der Waals surface area contributed by atoms with Crippen LogP contribution in [0.1, 0.15) is 12.6 Å². The van der Waals surface area contributed by atoms with E-state index in [-0.39, 0.29) is 34.7 Å². The molecule has 9 nitrogen and oxygen atoms in total. The molecule has 3 aromatic rings. The molecule has 0 aliphatic heterocycles. The zero-order valence-electron chi connectivity index (χ0n) is 17.8. The van der Waals surface area contributed by atoms with Crippen molar-refractivity contribution in [2.24, 2.45) is 7.05 Å². The number of hydrogen-bond acceptors (Lipinski definition) is 7. The summed E-state index contributed by atoms with van der Waals surface area (Å²) in [6.07, 6.45) is -3.50. The highest BCUT2D eigenvalue weighted by molar-refractivity contribution is 6.32. The van der Waals surface area contributed by atoms with Gasteiger partial charge < -0.3 is 14.2 Å². The van der Waals surface area contributed by atoms with Crippen molar-refractivity contribution in [3.8, 4) is 23.1 Å². The lowest BCUT2D eigenvalue weighted by molar-refractivity contribution is -0.145. The first-order valence-corrected chi connectivity index (χ1v) is 10.0. The van der Waals surface area contributed by atoms with Gasteiger partial charge in [0.15, 0.2) is 12.4 Å². The fourth-order valence-electron chi connectivity index (χ4n) is 2.86. The maximum Gasteiger partial charge on any atom is 0.431 e. The van der Waals surface area contributed by atoms with E-state index in [0.717, 1.165) is 7.05 Å². The van der Waals surface area contributed by atoms with E-state index in [1.165, 1.54) is 36.5 Å². The molecule has 180 valence electrons. The van der Waals surface area contributed by atoms with E-state index < -0.39 is 35.7 Å². The average molecular weight is 500 g/mol. The third-order valence-electron chi connectivity index (χ3n) is 4.37. The van der Waals surface area contributed by atoms with E-state index in [1.807, 2.05) is 0 Å². The molecule has 0 saturated heterocycles. The zero-order chi connectivity index (χ0) is 25.0. The van der Waals surface area contributed by atoms with Gasteiger partial charge in [-0.05, 0) is 31.2 Å². The number of alkyl halides is 3. The highest BCUT2D eigenvalue weighted by Crippen LogP contribution is 2.35. The summed E-state index contributed by atoms with van der Waals surface area (Å²) in [5.74, 6) is -0.711. The number of benzene rings is 1. The van der Waals surface area contributed by atoms with Crippen molar-refractivity contribution in [2.75, 3.05) is 13.2 Å². The van der Waals surface area contributed by atoms with Crippen LogP contribution in [0.4, 0.5) is 13.2 Å². The van der Waals surface area contributed by atoms with Gasteiger partial charge in [-0.15, -0.1) is 0 Å². The summed E-state index contributed by atoms with van der Waals surface area (Å²) >= 11 is 6.17. The number of rotatable bonds is 7. The topological polar surface area (TPSA) is 102 Å². The Labute approximate surface area is 194 Å². The van der Waals surface area contributed by atoms with Crippen LogP contribution in [0.2, 0.25) is 5.02 Å². The van der Waals surface area contributed by atoms with Gasteiger partial charge in [0, 0.05) is 25.4 Å². The average Bonchev–Trinajstić information content (AvgIpc) is 2.77. The fraction of sp³-hybridized carbons (Fsp3) is 0.238. The highest BCUT2D eigenvalue weighted by atomic mass is 35.5. The molecule has 0 unspecified atom stereocenters. The number of ether oxygens (including phenoxy) is 3. The van der Waals surface area contributed by atoms with Gasteiger partial charge in [-0.3, -0.25) is 9.36 Å². The number of pyridine rings is 1. The Balaban J connectivity index is 1.99. The van der Waals surface area contributed by atoms with Crippen LogP contribution in [0.25, 0.3) is 5.69 Å². The van der Waals surface area contributed by atoms with Crippen LogP contribution in [-0.4, -0.2) is 33.3 Å². The van der Waals surface area contributed by atoms with Gasteiger partial charge in [0.05, 0.1) is 17.3 Å². The Morgan fingerprint density at radius 1 is 1.15 bits per heavy atom. The van der Waals surface area contributed by atoms with E-state index in [0.29, 0.717) is 15.2 Å². The molecule has 0 atom stereocenters. The lowest BCUT2D eigenvalue weighted by Gasteiger charge is -2.15. The van der Waals surface area contributed by atoms with Crippen LogP contribution in [-0.2, 0) is 22.8 Å². The SMILES string of the molecule is CCOC(=O)COc1ncccc1Oc1cc(-n2c(=O)cc(C(F)(F)F)n(C)c2=O)ccc1Cl. The lowest BCUT2D eigenvalue weighted by Crippen LogP contribution is -2.40. The summed E-state index contributed by atoms with van der Waals surface area (Å²) in [5, 5.41) is 0.0562. The largest absolute Gasteiger partial charge is 0.463 e. The van der Waals surface area contributed by atoms with Crippen molar-refractivity contribution < 1.29 is 32.2 Å². The summed E-state index contributed by atoms with van der Waals surface area (Å²) in [4.78, 5) is 40.4. The number of halogens is 4. The summed E-state index contributed by atoms with van der Waals surface area (Å²) in [6, 6.07) is 7.05. The molecule has 0 radical (unpaired) electrons. The second kappa shape index (κ2) is 10.00. The molecule has 34 heavy (non-hydrogen) atoms. The van der Waals surface area contributed by atoms with Crippen LogP contribution in [0.3, 0.4) is 0 Å². The minimum absolute atomic E-state index is 0.0403. The quantitative estimate of drug-likeness (QED) is 0.459. The molecule has 0 aliphatic carbocycles. The highest BCUT2D eigenvalue weighted by Gasteiger charge is 2.35. The Hall–Kier alpha value is -3.80. The summed E-state index contributed by atoms with van der Waals surface area (Å²) in [6.45, 7) is 1.36. The van der Waals surface area contributed by atoms with Crippen LogP contribution in [0.5, 0.6) is 17.4 Å². The standard InChI is InChI=1S/C21H17ClF3N3O6/c1-3-32-18(30)11-33-19-14(5-4-8-26-19)34-15-9-12(6-7-13(15)22)28-17(29)10-16(21(23,24)25)27(2)20(28)31/h4-10H,3,11H2,1-2H3. The third kappa shape index (κ3) is 5.39. The molecule has 0 saturated carbocycles. The molecule has 3 rings (SSSR count). The minimum Gasteiger partial charge on any atom is -0.463 e. The molecular weight excluding hydrogens is 483 g/mol. The van der Waals surface area contributed by atoms with Crippen molar-refractivity contribution in [1.29, 1.82) is 0 Å². The van der Waals surface area contributed by atoms with E-state index in [9.17, 15) is 27.6 Å². The summed E-state index contributed by atoms with van der Waals surface area (Å²) in [5.41, 5.74) is -3.88. The van der Waals surface area contributed by atoms with Gasteiger partial charge >= 0.3 is 17.8 Å². The molecule has 1 aromatic carbocycles. The van der Waals surface area contributed by atoms with Crippen molar-refractivity contribution in [1.82, 2.24) is 14.1 Å². The Bertz CT molecular complexity index is 1340. The van der Waals surface area contributed by atoms with Crippen LogP contribution in [0.15, 0.2) is 52.2 Å². The molecule has 0 N–H and O–H groups in total. The van der Waals surface area contributed by atoms with Gasteiger partial charge in [0.2, 0.25) is 0 Å². The molecule has 0 spiro atoms. The van der Waals surface area contributed by atoms with Crippen molar-refractivity contribution in [3.05, 3.63) is 74.1 Å². The van der Waals surface area contributed by atoms with Gasteiger partial charge in [-0.2, -0.15) is 13.2 Å². The third-order valence-corrected chi connectivity index (χ3v) is 4.68. The molecule has 0 bridgehead atoms. The second-order valence-corrected chi connectivity index (χ2v) is 7.07. The molecule has 0 fully saturated rings. The molecule has 0 aliphatic rings. The Morgan fingerprint density at radius 2 is 1.88 bits per heavy atom. The zero-order valence-corrected chi connectivity index (χ0v) is 18.5. The second-order valence-electron chi connectivity index (χ2n) is 6.66. The number of hydrogen-bond donors (Lipinski definition) is 0. The predicted molar refractivity (Wildman–Crippen MR) is 114 cm³/mol. The van der Waals surface area contributed by atoms with E-state index in [4.69, 9.17) is 25.8 Å². The Kier molecular flexibility index (Phi) is 7.30. The van der Waals surface area contributed by atoms with Crippen molar-refractivity contribution in [3.63, 3.8) is 0 Å². The number of esters is 1. The number of aromatic nitrogens is 3. The number of nitrogens with zero attached hydrogens (tertiary/aromatic N) is 3. The van der Waals surface area contributed by atoms with Gasteiger partial charge in [0.25, 0.3) is 11.4 Å². The van der Waals surface area contributed by atoms with Crippen molar-refractivity contribution in [2.45, 2.75) is 13.1 Å². The van der Waals surface area contributed by atoms with Gasteiger partial charge in [-0.1, -0.05) is 11.6 Å². The monoisotopic (exact) mass is 499 g/mol. The molecular formula is C21H17ClF3N3O6. The number of carbonyl (C=O) groups excluding carboxylic acids is 1. The maximum absolute atomic E-state index is 13.1. The molecule has 13 heteroatoms.